The number of hydrogen-bond donors (Lipinski definition) is 0. The third-order valence-corrected chi connectivity index (χ3v) is 2.97. The first-order valence-electron chi connectivity index (χ1n) is 5.81. The molecule has 0 heterocycles. The largest absolute Gasteiger partial charge is 0.490 e. The Balaban J connectivity index is 2.59. The van der Waals surface area contributed by atoms with Crippen molar-refractivity contribution in [3.63, 3.8) is 0 Å². The third-order valence-electron chi connectivity index (χ3n) is 2.67. The molecule has 0 radical (unpaired) electrons. The predicted octanol–water partition coefficient (Wildman–Crippen LogP) is 2.87. The molecule has 0 aliphatic rings. The van der Waals surface area contributed by atoms with Gasteiger partial charge in [0.2, 0.25) is 0 Å². The second-order valence-corrected chi connectivity index (χ2v) is 4.06. The van der Waals surface area contributed by atoms with Gasteiger partial charge in [-0.3, -0.25) is 4.79 Å². The van der Waals surface area contributed by atoms with Gasteiger partial charge in [-0.2, -0.15) is 0 Å². The zero-order valence-electron chi connectivity index (χ0n) is 10.3. The lowest BCUT2D eigenvalue weighted by Crippen LogP contribution is -2.28. The van der Waals surface area contributed by atoms with Gasteiger partial charge in [0.1, 0.15) is 12.4 Å². The van der Waals surface area contributed by atoms with Gasteiger partial charge in [0.25, 0.3) is 0 Å². The molecule has 0 atom stereocenters. The van der Waals surface area contributed by atoms with E-state index in [2.05, 4.69) is 18.7 Å². The Kier molecular flexibility index (Phi) is 6.01. The molecule has 0 unspecified atom stereocenters. The zero-order valence-corrected chi connectivity index (χ0v) is 11.0. The first-order chi connectivity index (χ1) is 8.22. The topological polar surface area (TPSA) is 29.5 Å². The van der Waals surface area contributed by atoms with Crippen LogP contribution in [0.5, 0.6) is 5.75 Å². The van der Waals surface area contributed by atoms with Crippen molar-refractivity contribution < 1.29 is 9.53 Å². The summed E-state index contributed by atoms with van der Waals surface area (Å²) in [5.74, 6) is 0.483. The Morgan fingerprint density at radius 2 is 2.06 bits per heavy atom. The molecule has 0 N–H and O–H groups in total. The van der Waals surface area contributed by atoms with Crippen molar-refractivity contribution in [3.05, 3.63) is 28.8 Å². The van der Waals surface area contributed by atoms with Gasteiger partial charge < -0.3 is 9.64 Å². The number of likely N-dealkylation sites (N-methyl/N-ethyl adjacent to an activating group) is 1. The quantitative estimate of drug-likeness (QED) is 0.702. The summed E-state index contributed by atoms with van der Waals surface area (Å²) in [6, 6.07) is 5.16. The smallest absolute Gasteiger partial charge is 0.153 e. The van der Waals surface area contributed by atoms with E-state index >= 15 is 0 Å². The van der Waals surface area contributed by atoms with E-state index < -0.39 is 0 Å². The van der Waals surface area contributed by atoms with Crippen LogP contribution in [0, 0.1) is 0 Å². The number of nitrogens with zero attached hydrogens (tertiary/aromatic N) is 1. The maximum absolute atomic E-state index is 10.8. The fraction of sp³-hybridized carbons (Fsp3) is 0.462. The molecular weight excluding hydrogens is 238 g/mol. The summed E-state index contributed by atoms with van der Waals surface area (Å²) in [7, 11) is 0. The predicted molar refractivity (Wildman–Crippen MR) is 70.1 cm³/mol. The number of ether oxygens (including phenoxy) is 1. The van der Waals surface area contributed by atoms with Crippen LogP contribution in [0.1, 0.15) is 24.2 Å². The number of halogens is 1. The van der Waals surface area contributed by atoms with Gasteiger partial charge in [0.15, 0.2) is 6.29 Å². The van der Waals surface area contributed by atoms with Crippen molar-refractivity contribution in [1.29, 1.82) is 0 Å². The van der Waals surface area contributed by atoms with E-state index in [1.54, 1.807) is 18.2 Å². The average Bonchev–Trinajstić information content (AvgIpc) is 2.36. The van der Waals surface area contributed by atoms with Crippen LogP contribution in [0.3, 0.4) is 0 Å². The molecular formula is C13H18ClNO2. The second-order valence-electron chi connectivity index (χ2n) is 3.65. The molecule has 0 saturated carbocycles. The number of carbonyl (C=O) groups excluding carboxylic acids is 1. The van der Waals surface area contributed by atoms with Crippen molar-refractivity contribution in [3.8, 4) is 5.75 Å². The van der Waals surface area contributed by atoms with Crippen LogP contribution < -0.4 is 4.74 Å². The minimum absolute atomic E-state index is 0.481. The molecule has 94 valence electrons. The molecule has 0 aliphatic heterocycles. The van der Waals surface area contributed by atoms with Gasteiger partial charge in [0.05, 0.1) is 10.6 Å². The fourth-order valence-corrected chi connectivity index (χ4v) is 1.82. The molecule has 0 amide bonds. The average molecular weight is 256 g/mol. The fourth-order valence-electron chi connectivity index (χ4n) is 1.59. The zero-order chi connectivity index (χ0) is 12.7. The van der Waals surface area contributed by atoms with E-state index in [1.165, 1.54) is 0 Å². The summed E-state index contributed by atoms with van der Waals surface area (Å²) >= 11 is 5.99. The van der Waals surface area contributed by atoms with Crippen molar-refractivity contribution >= 4 is 17.9 Å². The Morgan fingerprint density at radius 1 is 1.35 bits per heavy atom. The van der Waals surface area contributed by atoms with Crippen LogP contribution >= 0.6 is 11.6 Å². The van der Waals surface area contributed by atoms with Crippen LogP contribution in [0.15, 0.2) is 18.2 Å². The molecule has 1 rings (SSSR count). The lowest BCUT2D eigenvalue weighted by Gasteiger charge is -2.18. The molecule has 0 aliphatic carbocycles. The minimum Gasteiger partial charge on any atom is -0.490 e. The molecule has 0 aromatic heterocycles. The Morgan fingerprint density at radius 3 is 2.65 bits per heavy atom. The van der Waals surface area contributed by atoms with E-state index in [1.807, 2.05) is 0 Å². The summed E-state index contributed by atoms with van der Waals surface area (Å²) < 4.78 is 5.59. The molecule has 4 heteroatoms. The molecule has 0 bridgehead atoms. The van der Waals surface area contributed by atoms with Crippen molar-refractivity contribution in [2.75, 3.05) is 26.2 Å². The van der Waals surface area contributed by atoms with E-state index in [-0.39, 0.29) is 0 Å². The van der Waals surface area contributed by atoms with Crippen LogP contribution in [-0.4, -0.2) is 37.4 Å². The first kappa shape index (κ1) is 14.0. The molecule has 0 spiro atoms. The number of benzene rings is 1. The van der Waals surface area contributed by atoms with E-state index in [9.17, 15) is 4.79 Å². The highest BCUT2D eigenvalue weighted by Gasteiger charge is 2.08. The summed E-state index contributed by atoms with van der Waals surface area (Å²) in [5, 5.41) is 0.481. The summed E-state index contributed by atoms with van der Waals surface area (Å²) in [4.78, 5) is 13.1. The maximum atomic E-state index is 10.8. The maximum Gasteiger partial charge on any atom is 0.153 e. The van der Waals surface area contributed by atoms with Crippen LogP contribution in [0.4, 0.5) is 0 Å². The van der Waals surface area contributed by atoms with Gasteiger partial charge in [-0.1, -0.05) is 31.5 Å². The number of carbonyl (C=O) groups is 1. The molecule has 0 fully saturated rings. The van der Waals surface area contributed by atoms with E-state index in [0.717, 1.165) is 25.9 Å². The third kappa shape index (κ3) is 4.02. The Bertz CT molecular complexity index is 364. The number of para-hydroxylation sites is 1. The molecule has 17 heavy (non-hydrogen) atoms. The highest BCUT2D eigenvalue weighted by molar-refractivity contribution is 6.32. The summed E-state index contributed by atoms with van der Waals surface area (Å²) in [5.41, 5.74) is 0.497. The summed E-state index contributed by atoms with van der Waals surface area (Å²) in [6.45, 7) is 7.56. The lowest BCUT2D eigenvalue weighted by molar-refractivity contribution is 0.111. The molecule has 1 aromatic carbocycles. The molecule has 1 aromatic rings. The minimum atomic E-state index is 0.481. The standard InChI is InChI=1S/C13H18ClNO2/c1-3-15(4-2)8-9-17-13-11(10-16)6-5-7-12(13)14/h5-7,10H,3-4,8-9H2,1-2H3. The van der Waals surface area contributed by atoms with Crippen LogP contribution in [-0.2, 0) is 0 Å². The number of rotatable bonds is 7. The van der Waals surface area contributed by atoms with Crippen molar-refractivity contribution in [2.24, 2.45) is 0 Å². The van der Waals surface area contributed by atoms with Crippen molar-refractivity contribution in [2.45, 2.75) is 13.8 Å². The van der Waals surface area contributed by atoms with Gasteiger partial charge in [0, 0.05) is 6.54 Å². The van der Waals surface area contributed by atoms with Gasteiger partial charge >= 0.3 is 0 Å². The Labute approximate surface area is 107 Å². The Hall–Kier alpha value is -1.06. The first-order valence-corrected chi connectivity index (χ1v) is 6.19. The SMILES string of the molecule is CCN(CC)CCOc1c(Cl)cccc1C=O. The highest BCUT2D eigenvalue weighted by Crippen LogP contribution is 2.27. The monoisotopic (exact) mass is 255 g/mol. The number of aldehydes is 1. The molecule has 0 saturated heterocycles. The summed E-state index contributed by atoms with van der Waals surface area (Å²) in [6.07, 6.45) is 0.763. The van der Waals surface area contributed by atoms with E-state index in [4.69, 9.17) is 16.3 Å². The normalized spacial score (nSPS) is 10.6. The van der Waals surface area contributed by atoms with Gasteiger partial charge in [-0.25, -0.2) is 0 Å². The lowest BCUT2D eigenvalue weighted by atomic mass is 10.2. The molecule has 3 nitrogen and oxygen atoms in total. The van der Waals surface area contributed by atoms with E-state index in [0.29, 0.717) is 22.9 Å². The van der Waals surface area contributed by atoms with Gasteiger partial charge in [-0.05, 0) is 25.2 Å². The second kappa shape index (κ2) is 7.30. The number of hydrogen-bond acceptors (Lipinski definition) is 3. The highest BCUT2D eigenvalue weighted by atomic mass is 35.5. The van der Waals surface area contributed by atoms with Crippen LogP contribution in [0.25, 0.3) is 0 Å². The van der Waals surface area contributed by atoms with Crippen molar-refractivity contribution in [1.82, 2.24) is 4.90 Å². The van der Waals surface area contributed by atoms with Gasteiger partial charge in [-0.15, -0.1) is 0 Å². The van der Waals surface area contributed by atoms with Crippen LogP contribution in [0.2, 0.25) is 5.02 Å².